The molecule has 0 spiro atoms. The Balaban J connectivity index is 1.70. The van der Waals surface area contributed by atoms with E-state index in [0.717, 1.165) is 37.7 Å². The summed E-state index contributed by atoms with van der Waals surface area (Å²) in [4.78, 5) is 27.3. The number of nitrogens with one attached hydrogen (secondary N) is 1. The van der Waals surface area contributed by atoms with Crippen LogP contribution in [0.2, 0.25) is 5.02 Å². The van der Waals surface area contributed by atoms with Crippen LogP contribution < -0.4 is 5.32 Å². The fourth-order valence-corrected chi connectivity index (χ4v) is 4.04. The van der Waals surface area contributed by atoms with Gasteiger partial charge in [-0.2, -0.15) is 0 Å². The monoisotopic (exact) mass is 420 g/mol. The lowest BCUT2D eigenvalue weighted by Gasteiger charge is -2.44. The molecule has 2 atom stereocenters. The Hall–Kier alpha value is -2.05. The molecule has 158 valence electrons. The highest BCUT2D eigenvalue weighted by atomic mass is 35.5. The molecule has 0 bridgehead atoms. The molecule has 3 rings (SSSR count). The van der Waals surface area contributed by atoms with E-state index in [2.05, 4.69) is 5.32 Å². The molecule has 2 unspecified atom stereocenters. The summed E-state index contributed by atoms with van der Waals surface area (Å²) in [5.74, 6) is -0.152. The number of ether oxygens (including phenoxy) is 2. The highest BCUT2D eigenvalue weighted by Crippen LogP contribution is 2.33. The van der Waals surface area contributed by atoms with Crippen molar-refractivity contribution in [1.82, 2.24) is 10.2 Å². The molecule has 1 saturated carbocycles. The molecular weight excluding hydrogens is 392 g/mol. The topological polar surface area (TPSA) is 67.9 Å². The Morgan fingerprint density at radius 1 is 1.34 bits per heavy atom. The van der Waals surface area contributed by atoms with Crippen molar-refractivity contribution in [2.75, 3.05) is 26.3 Å². The zero-order chi connectivity index (χ0) is 20.6. The molecule has 6 nitrogen and oxygen atoms in total. The van der Waals surface area contributed by atoms with Gasteiger partial charge in [-0.05, 0) is 50.3 Å². The molecule has 0 aromatic heterocycles. The highest BCUT2D eigenvalue weighted by Gasteiger charge is 2.42. The van der Waals surface area contributed by atoms with E-state index in [9.17, 15) is 9.59 Å². The molecule has 2 fully saturated rings. The minimum absolute atomic E-state index is 0.0395. The Morgan fingerprint density at radius 2 is 2.14 bits per heavy atom. The van der Waals surface area contributed by atoms with Crippen molar-refractivity contribution in [2.24, 2.45) is 0 Å². The summed E-state index contributed by atoms with van der Waals surface area (Å²) in [6, 6.07) is 7.26. The first-order chi connectivity index (χ1) is 14.1. The number of halogens is 1. The first kappa shape index (κ1) is 21.7. The number of morpholine rings is 1. The molecule has 1 saturated heterocycles. The maximum absolute atomic E-state index is 13.1. The van der Waals surface area contributed by atoms with Crippen LogP contribution in [0.25, 0.3) is 6.08 Å². The smallest absolute Gasteiger partial charge is 0.289 e. The third-order valence-corrected chi connectivity index (χ3v) is 5.66. The third kappa shape index (κ3) is 5.73. The van der Waals surface area contributed by atoms with Crippen molar-refractivity contribution < 1.29 is 19.1 Å². The van der Waals surface area contributed by atoms with Gasteiger partial charge in [0.25, 0.3) is 5.91 Å². The van der Waals surface area contributed by atoms with Crippen LogP contribution in [-0.4, -0.2) is 55.2 Å². The van der Waals surface area contributed by atoms with Crippen molar-refractivity contribution in [1.29, 1.82) is 0 Å². The van der Waals surface area contributed by atoms with E-state index in [1.54, 1.807) is 17.0 Å². The molecule has 1 heterocycles. The second-order valence-corrected chi connectivity index (χ2v) is 7.78. The van der Waals surface area contributed by atoms with Gasteiger partial charge in [0.2, 0.25) is 5.91 Å². The molecule has 2 aliphatic rings. The van der Waals surface area contributed by atoms with Crippen LogP contribution in [0.1, 0.15) is 44.6 Å². The summed E-state index contributed by atoms with van der Waals surface area (Å²) in [6.45, 7) is 3.80. The van der Waals surface area contributed by atoms with Crippen molar-refractivity contribution in [2.45, 2.75) is 51.2 Å². The van der Waals surface area contributed by atoms with Crippen molar-refractivity contribution >= 4 is 29.5 Å². The van der Waals surface area contributed by atoms with E-state index < -0.39 is 0 Å². The van der Waals surface area contributed by atoms with E-state index in [-0.39, 0.29) is 36.3 Å². The molecule has 2 amide bonds. The second-order valence-electron chi connectivity index (χ2n) is 7.37. The lowest BCUT2D eigenvalue weighted by Crippen LogP contribution is -2.57. The molecule has 7 heteroatoms. The summed E-state index contributed by atoms with van der Waals surface area (Å²) in [6.07, 6.45) is 6.18. The summed E-state index contributed by atoms with van der Waals surface area (Å²) >= 11 is 6.24. The number of rotatable bonds is 8. The van der Waals surface area contributed by atoms with Gasteiger partial charge >= 0.3 is 0 Å². The number of fused-ring (bicyclic) bond motifs is 1. The molecular formula is C22H29ClN2O4. The average molecular weight is 421 g/mol. The number of hydrogen-bond acceptors (Lipinski definition) is 4. The SMILES string of the molecule is CCOCCCNC(=O)CN1C(=O)/C(=C\c2ccccc2Cl)OC2CCCCC21. The van der Waals surface area contributed by atoms with Crippen molar-refractivity contribution in [3.05, 3.63) is 40.6 Å². The molecule has 1 aliphatic heterocycles. The Morgan fingerprint density at radius 3 is 2.93 bits per heavy atom. The molecule has 1 aromatic rings. The number of hydrogen-bond donors (Lipinski definition) is 1. The van der Waals surface area contributed by atoms with Gasteiger partial charge in [0.15, 0.2) is 5.76 Å². The minimum Gasteiger partial charge on any atom is -0.482 e. The van der Waals surface area contributed by atoms with Gasteiger partial charge in [-0.3, -0.25) is 9.59 Å². The largest absolute Gasteiger partial charge is 0.482 e. The fourth-order valence-electron chi connectivity index (χ4n) is 3.85. The lowest BCUT2D eigenvalue weighted by molar-refractivity contribution is -0.151. The summed E-state index contributed by atoms with van der Waals surface area (Å²) in [7, 11) is 0. The molecule has 1 N–H and O–H groups in total. The Kier molecular flexibility index (Phi) is 7.95. The summed E-state index contributed by atoms with van der Waals surface area (Å²) in [5, 5.41) is 3.44. The number of carbonyl (C=O) groups excluding carboxylic acids is 2. The van der Waals surface area contributed by atoms with Gasteiger partial charge in [0.1, 0.15) is 12.6 Å². The Labute approximate surface area is 177 Å². The van der Waals surface area contributed by atoms with E-state index in [0.29, 0.717) is 24.8 Å². The number of carbonyl (C=O) groups is 2. The highest BCUT2D eigenvalue weighted by molar-refractivity contribution is 6.32. The van der Waals surface area contributed by atoms with Gasteiger partial charge < -0.3 is 19.7 Å². The van der Waals surface area contributed by atoms with Gasteiger partial charge in [-0.15, -0.1) is 0 Å². The lowest BCUT2D eigenvalue weighted by atomic mass is 9.89. The standard InChI is InChI=1S/C22H29ClN2O4/c1-2-28-13-7-12-24-21(26)15-25-18-10-5-6-11-19(18)29-20(22(25)27)14-16-8-3-4-9-17(16)23/h3-4,8-9,14,18-19H,2,5-7,10-13,15H2,1H3,(H,24,26)/b20-14+. The average Bonchev–Trinajstić information content (AvgIpc) is 2.72. The van der Waals surface area contributed by atoms with Gasteiger partial charge in [0.05, 0.1) is 6.04 Å². The zero-order valence-corrected chi connectivity index (χ0v) is 17.6. The summed E-state index contributed by atoms with van der Waals surface area (Å²) < 4.78 is 11.3. The van der Waals surface area contributed by atoms with Gasteiger partial charge in [-0.25, -0.2) is 0 Å². The first-order valence-electron chi connectivity index (χ1n) is 10.4. The predicted molar refractivity (Wildman–Crippen MR) is 112 cm³/mol. The molecule has 0 radical (unpaired) electrons. The van der Waals surface area contributed by atoms with Crippen molar-refractivity contribution in [3.8, 4) is 0 Å². The summed E-state index contributed by atoms with van der Waals surface area (Å²) in [5.41, 5.74) is 0.729. The predicted octanol–water partition coefficient (Wildman–Crippen LogP) is 3.39. The third-order valence-electron chi connectivity index (χ3n) is 5.32. The first-order valence-corrected chi connectivity index (χ1v) is 10.8. The fraction of sp³-hybridized carbons (Fsp3) is 0.545. The van der Waals surface area contributed by atoms with Crippen LogP contribution in [-0.2, 0) is 19.1 Å². The molecule has 29 heavy (non-hydrogen) atoms. The number of amides is 2. The van der Waals surface area contributed by atoms with Crippen LogP contribution in [0.15, 0.2) is 30.0 Å². The maximum Gasteiger partial charge on any atom is 0.289 e. The quantitative estimate of drug-likeness (QED) is 0.517. The van der Waals surface area contributed by atoms with Gasteiger partial charge in [-0.1, -0.05) is 36.2 Å². The minimum atomic E-state index is -0.252. The maximum atomic E-state index is 13.1. The zero-order valence-electron chi connectivity index (χ0n) is 16.9. The molecule has 1 aliphatic carbocycles. The number of nitrogens with zero attached hydrogens (tertiary/aromatic N) is 1. The van der Waals surface area contributed by atoms with Crippen LogP contribution in [0, 0.1) is 0 Å². The number of benzene rings is 1. The second kappa shape index (κ2) is 10.6. The van der Waals surface area contributed by atoms with E-state index >= 15 is 0 Å². The van der Waals surface area contributed by atoms with Crippen molar-refractivity contribution in [3.63, 3.8) is 0 Å². The molecule has 1 aromatic carbocycles. The van der Waals surface area contributed by atoms with Gasteiger partial charge in [0, 0.05) is 24.8 Å². The van der Waals surface area contributed by atoms with Crippen LogP contribution >= 0.6 is 11.6 Å². The van der Waals surface area contributed by atoms with E-state index in [4.69, 9.17) is 21.1 Å². The van der Waals surface area contributed by atoms with Crippen LogP contribution in [0.4, 0.5) is 0 Å². The van der Waals surface area contributed by atoms with Crippen LogP contribution in [0.5, 0.6) is 0 Å². The van der Waals surface area contributed by atoms with Crippen LogP contribution in [0.3, 0.4) is 0 Å². The van der Waals surface area contributed by atoms with E-state index in [1.165, 1.54) is 0 Å². The normalized spacial score (nSPS) is 22.9. The van der Waals surface area contributed by atoms with E-state index in [1.807, 2.05) is 25.1 Å². The Bertz CT molecular complexity index is 752.